The molecule has 1 amide bonds. The van der Waals surface area contributed by atoms with Gasteiger partial charge < -0.3 is 16.8 Å². The molecule has 2 saturated carbocycles. The van der Waals surface area contributed by atoms with E-state index < -0.39 is 5.91 Å². The van der Waals surface area contributed by atoms with Crippen LogP contribution in [0.3, 0.4) is 0 Å². The van der Waals surface area contributed by atoms with Crippen LogP contribution >= 0.6 is 0 Å². The maximum atomic E-state index is 11.4. The molecule has 1 aromatic heterocycles. The summed E-state index contributed by atoms with van der Waals surface area (Å²) in [6, 6.07) is 1.58. The summed E-state index contributed by atoms with van der Waals surface area (Å²) in [5, 5.41) is 3.30. The summed E-state index contributed by atoms with van der Waals surface area (Å²) in [4.78, 5) is 15.6. The zero-order chi connectivity index (χ0) is 13.4. The zero-order valence-corrected chi connectivity index (χ0v) is 10.9. The van der Waals surface area contributed by atoms with Crippen LogP contribution in [0.2, 0.25) is 0 Å². The molecule has 1 heterocycles. The number of nitrogens with one attached hydrogen (secondary N) is 1. The van der Waals surface area contributed by atoms with Crippen molar-refractivity contribution in [2.24, 2.45) is 23.5 Å². The predicted octanol–water partition coefficient (Wildman–Crippen LogP) is 1.61. The Hall–Kier alpha value is -1.78. The van der Waals surface area contributed by atoms with Gasteiger partial charge in [-0.05, 0) is 49.5 Å². The second kappa shape index (κ2) is 4.72. The zero-order valence-electron chi connectivity index (χ0n) is 10.9. The molecule has 5 heteroatoms. The molecule has 102 valence electrons. The molecule has 0 bridgehead atoms. The first-order chi connectivity index (χ1) is 9.15. The number of rotatable bonds is 6. The van der Waals surface area contributed by atoms with Gasteiger partial charge in [-0.15, -0.1) is 0 Å². The SMILES string of the molecule is NC(=O)c1cc(N)cnc1NCC(C1CC1)C1CC1. The van der Waals surface area contributed by atoms with Gasteiger partial charge in [-0.25, -0.2) is 4.98 Å². The molecule has 1 aromatic rings. The largest absolute Gasteiger partial charge is 0.397 e. The van der Waals surface area contributed by atoms with E-state index in [1.54, 1.807) is 12.3 Å². The lowest BCUT2D eigenvalue weighted by atomic mass is 9.98. The summed E-state index contributed by atoms with van der Waals surface area (Å²) in [6.07, 6.45) is 6.95. The fourth-order valence-corrected chi connectivity index (χ4v) is 2.79. The molecule has 0 atom stereocenters. The summed E-state index contributed by atoms with van der Waals surface area (Å²) >= 11 is 0. The third-order valence-electron chi connectivity index (χ3n) is 4.13. The maximum Gasteiger partial charge on any atom is 0.252 e. The minimum absolute atomic E-state index is 0.380. The average Bonchev–Trinajstić information content (AvgIpc) is 3.25. The summed E-state index contributed by atoms with van der Waals surface area (Å²) in [5.41, 5.74) is 11.8. The van der Waals surface area contributed by atoms with Gasteiger partial charge in [-0.3, -0.25) is 4.79 Å². The fourth-order valence-electron chi connectivity index (χ4n) is 2.79. The van der Waals surface area contributed by atoms with Gasteiger partial charge in [0.2, 0.25) is 0 Å². The number of nitrogens with two attached hydrogens (primary N) is 2. The van der Waals surface area contributed by atoms with Crippen LogP contribution in [0, 0.1) is 17.8 Å². The predicted molar refractivity (Wildman–Crippen MR) is 74.6 cm³/mol. The van der Waals surface area contributed by atoms with E-state index >= 15 is 0 Å². The first-order valence-corrected chi connectivity index (χ1v) is 6.94. The molecule has 0 saturated heterocycles. The molecule has 2 aliphatic carbocycles. The molecule has 5 nitrogen and oxygen atoms in total. The maximum absolute atomic E-state index is 11.4. The molecule has 0 unspecified atom stereocenters. The molecule has 3 rings (SSSR count). The second-order valence-electron chi connectivity index (χ2n) is 5.75. The van der Waals surface area contributed by atoms with Crippen LogP contribution in [0.4, 0.5) is 11.5 Å². The van der Waals surface area contributed by atoms with Crippen molar-refractivity contribution in [3.8, 4) is 0 Å². The van der Waals surface area contributed by atoms with Gasteiger partial charge in [0.05, 0.1) is 17.4 Å². The summed E-state index contributed by atoms with van der Waals surface area (Å²) in [5.74, 6) is 2.53. The lowest BCUT2D eigenvalue weighted by Crippen LogP contribution is -2.22. The minimum Gasteiger partial charge on any atom is -0.397 e. The van der Waals surface area contributed by atoms with Crippen molar-refractivity contribution in [1.82, 2.24) is 4.98 Å². The number of carbonyl (C=O) groups is 1. The molecule has 0 aliphatic heterocycles. The number of nitrogens with zero attached hydrogens (tertiary/aromatic N) is 1. The normalized spacial score (nSPS) is 18.6. The molecule has 19 heavy (non-hydrogen) atoms. The number of hydrogen-bond donors (Lipinski definition) is 3. The van der Waals surface area contributed by atoms with Crippen molar-refractivity contribution in [1.29, 1.82) is 0 Å². The van der Waals surface area contributed by atoms with Crippen molar-refractivity contribution < 1.29 is 4.79 Å². The topological polar surface area (TPSA) is 94.0 Å². The molecule has 0 spiro atoms. The average molecular weight is 260 g/mol. The molecule has 2 aliphatic rings. The van der Waals surface area contributed by atoms with Crippen LogP contribution in [0.5, 0.6) is 0 Å². The Labute approximate surface area is 112 Å². The Morgan fingerprint density at radius 3 is 2.53 bits per heavy atom. The van der Waals surface area contributed by atoms with Crippen LogP contribution < -0.4 is 16.8 Å². The van der Waals surface area contributed by atoms with Crippen LogP contribution in [0.15, 0.2) is 12.3 Å². The van der Waals surface area contributed by atoms with E-state index in [1.165, 1.54) is 25.7 Å². The number of pyridine rings is 1. The van der Waals surface area contributed by atoms with Gasteiger partial charge in [0.25, 0.3) is 5.91 Å². The molecule has 5 N–H and O–H groups in total. The van der Waals surface area contributed by atoms with Crippen molar-refractivity contribution in [3.63, 3.8) is 0 Å². The highest BCUT2D eigenvalue weighted by atomic mass is 16.1. The Morgan fingerprint density at radius 2 is 2.00 bits per heavy atom. The standard InChI is InChI=1S/C14H20N4O/c15-10-5-11(13(16)19)14(17-6-10)18-7-12(8-1-2-8)9-3-4-9/h5-6,8-9,12H,1-4,7,15H2,(H2,16,19)(H,17,18). The Morgan fingerprint density at radius 1 is 1.37 bits per heavy atom. The number of hydrogen-bond acceptors (Lipinski definition) is 4. The Bertz CT molecular complexity index is 482. The van der Waals surface area contributed by atoms with E-state index in [0.717, 1.165) is 24.3 Å². The fraction of sp³-hybridized carbons (Fsp3) is 0.571. The van der Waals surface area contributed by atoms with E-state index in [-0.39, 0.29) is 0 Å². The highest BCUT2D eigenvalue weighted by Gasteiger charge is 2.41. The molecule has 0 radical (unpaired) electrons. The van der Waals surface area contributed by atoms with Gasteiger partial charge >= 0.3 is 0 Å². The lowest BCUT2D eigenvalue weighted by molar-refractivity contribution is 0.100. The van der Waals surface area contributed by atoms with Gasteiger partial charge in [-0.2, -0.15) is 0 Å². The van der Waals surface area contributed by atoms with E-state index in [1.807, 2.05) is 0 Å². The number of anilines is 2. The first kappa shape index (κ1) is 12.3. The monoisotopic (exact) mass is 260 g/mol. The van der Waals surface area contributed by atoms with Crippen molar-refractivity contribution in [2.75, 3.05) is 17.6 Å². The quantitative estimate of drug-likeness (QED) is 0.724. The highest BCUT2D eigenvalue weighted by molar-refractivity contribution is 5.98. The molecular formula is C14H20N4O. The highest BCUT2D eigenvalue weighted by Crippen LogP contribution is 2.49. The van der Waals surface area contributed by atoms with E-state index in [4.69, 9.17) is 11.5 Å². The van der Waals surface area contributed by atoms with Crippen LogP contribution in [-0.2, 0) is 0 Å². The molecular weight excluding hydrogens is 240 g/mol. The number of nitrogen functional groups attached to an aromatic ring is 1. The second-order valence-corrected chi connectivity index (χ2v) is 5.75. The first-order valence-electron chi connectivity index (χ1n) is 6.94. The van der Waals surface area contributed by atoms with Crippen LogP contribution in [0.25, 0.3) is 0 Å². The van der Waals surface area contributed by atoms with Crippen molar-refractivity contribution >= 4 is 17.4 Å². The summed E-state index contributed by atoms with van der Waals surface area (Å²) in [6.45, 7) is 0.881. The number of aromatic nitrogens is 1. The Balaban J connectivity index is 1.70. The van der Waals surface area contributed by atoms with Crippen molar-refractivity contribution in [2.45, 2.75) is 25.7 Å². The van der Waals surface area contributed by atoms with E-state index in [2.05, 4.69) is 10.3 Å². The number of primary amides is 1. The van der Waals surface area contributed by atoms with Crippen molar-refractivity contribution in [3.05, 3.63) is 17.8 Å². The smallest absolute Gasteiger partial charge is 0.252 e. The van der Waals surface area contributed by atoms with Gasteiger partial charge in [0.15, 0.2) is 0 Å². The minimum atomic E-state index is -0.489. The lowest BCUT2D eigenvalue weighted by Gasteiger charge is -2.17. The number of carbonyl (C=O) groups excluding carboxylic acids is 1. The van der Waals surface area contributed by atoms with Gasteiger partial charge in [-0.1, -0.05) is 0 Å². The third-order valence-corrected chi connectivity index (χ3v) is 4.13. The summed E-state index contributed by atoms with van der Waals surface area (Å²) in [7, 11) is 0. The molecule has 2 fully saturated rings. The summed E-state index contributed by atoms with van der Waals surface area (Å²) < 4.78 is 0. The third kappa shape index (κ3) is 2.80. The van der Waals surface area contributed by atoms with Crippen LogP contribution in [0.1, 0.15) is 36.0 Å². The molecule has 0 aromatic carbocycles. The van der Waals surface area contributed by atoms with E-state index in [0.29, 0.717) is 17.1 Å². The van der Waals surface area contributed by atoms with Crippen LogP contribution in [-0.4, -0.2) is 17.4 Å². The van der Waals surface area contributed by atoms with E-state index in [9.17, 15) is 4.79 Å². The van der Waals surface area contributed by atoms with Gasteiger partial charge in [0.1, 0.15) is 5.82 Å². The van der Waals surface area contributed by atoms with Gasteiger partial charge in [0, 0.05) is 6.54 Å². The number of amides is 1. The Kier molecular flexibility index (Phi) is 3.05.